The van der Waals surface area contributed by atoms with Crippen LogP contribution in [0.4, 0.5) is 13.2 Å². The Morgan fingerprint density at radius 3 is 2.48 bits per heavy atom. The maximum Gasteiger partial charge on any atom is 0.421 e. The third-order valence-corrected chi connectivity index (χ3v) is 4.21. The average Bonchev–Trinajstić information content (AvgIpc) is 2.93. The molecule has 0 fully saturated rings. The van der Waals surface area contributed by atoms with Crippen LogP contribution in [0.2, 0.25) is 0 Å². The summed E-state index contributed by atoms with van der Waals surface area (Å²) in [5, 5.41) is 14.0. The summed E-state index contributed by atoms with van der Waals surface area (Å²) in [5.41, 5.74) is -2.43. The molecule has 2 rings (SSSR count). The number of nitrogens with zero attached hydrogens (tertiary/aromatic N) is 1. The number of nitrogens with one attached hydrogen (secondary N) is 1. The number of benzene rings is 1. The average molecular weight is 344 g/mol. The molecule has 0 spiro atoms. The Hall–Kier alpha value is -1.93. The molecule has 23 heavy (non-hydrogen) atoms. The molecule has 0 bridgehead atoms. The van der Waals surface area contributed by atoms with Crippen LogP contribution in [0.1, 0.15) is 28.0 Å². The van der Waals surface area contributed by atoms with Gasteiger partial charge in [-0.15, -0.1) is 0 Å². The third-order valence-electron chi connectivity index (χ3n) is 3.49. The lowest BCUT2D eigenvalue weighted by Crippen LogP contribution is -2.45. The van der Waals surface area contributed by atoms with Gasteiger partial charge in [0.2, 0.25) is 0 Å². The SMILES string of the molecule is Cc1nscc1C(=O)NCC[C@@](O)(c1ccccc1)C(F)(F)F. The monoisotopic (exact) mass is 344 g/mol. The van der Waals surface area contributed by atoms with Crippen LogP contribution < -0.4 is 5.32 Å². The summed E-state index contributed by atoms with van der Waals surface area (Å²) in [4.78, 5) is 11.9. The summed E-state index contributed by atoms with van der Waals surface area (Å²) in [6.07, 6.45) is -5.53. The Balaban J connectivity index is 2.09. The summed E-state index contributed by atoms with van der Waals surface area (Å²) < 4.78 is 43.8. The Kier molecular flexibility index (Phi) is 5.06. The Morgan fingerprint density at radius 1 is 1.30 bits per heavy atom. The fourth-order valence-electron chi connectivity index (χ4n) is 2.13. The highest BCUT2D eigenvalue weighted by Gasteiger charge is 2.54. The van der Waals surface area contributed by atoms with Crippen molar-refractivity contribution >= 4 is 17.4 Å². The van der Waals surface area contributed by atoms with Gasteiger partial charge in [0.15, 0.2) is 5.60 Å². The summed E-state index contributed by atoms with van der Waals surface area (Å²) in [6.45, 7) is 1.32. The molecule has 0 aliphatic rings. The first-order chi connectivity index (χ1) is 10.8. The van der Waals surface area contributed by atoms with Crippen LogP contribution in [-0.2, 0) is 5.60 Å². The topological polar surface area (TPSA) is 62.2 Å². The number of aromatic nitrogens is 1. The van der Waals surface area contributed by atoms with Gasteiger partial charge in [-0.05, 0) is 24.0 Å². The van der Waals surface area contributed by atoms with Crippen LogP contribution >= 0.6 is 11.5 Å². The van der Waals surface area contributed by atoms with Crippen LogP contribution in [0.3, 0.4) is 0 Å². The van der Waals surface area contributed by atoms with E-state index in [0.717, 1.165) is 11.5 Å². The van der Waals surface area contributed by atoms with Crippen molar-refractivity contribution in [2.24, 2.45) is 0 Å². The molecule has 0 aliphatic carbocycles. The molecule has 0 aliphatic heterocycles. The highest BCUT2D eigenvalue weighted by molar-refractivity contribution is 7.03. The number of hydrogen-bond acceptors (Lipinski definition) is 4. The standard InChI is InChI=1S/C15H15F3N2O2S/c1-10-12(9-23-20-10)13(21)19-8-7-14(22,15(16,17)18)11-5-3-2-4-6-11/h2-6,9,22H,7-8H2,1H3,(H,19,21)/t14-/m1/s1. The van der Waals surface area contributed by atoms with Crippen LogP contribution in [0.15, 0.2) is 35.7 Å². The van der Waals surface area contributed by atoms with Gasteiger partial charge in [0.25, 0.3) is 5.91 Å². The number of hydrogen-bond donors (Lipinski definition) is 2. The highest BCUT2D eigenvalue weighted by atomic mass is 32.1. The fraction of sp³-hybridized carbons (Fsp3) is 0.333. The van der Waals surface area contributed by atoms with Gasteiger partial charge in [0.1, 0.15) is 0 Å². The molecule has 0 unspecified atom stereocenters. The third kappa shape index (κ3) is 3.70. The van der Waals surface area contributed by atoms with Crippen molar-refractivity contribution in [1.82, 2.24) is 9.69 Å². The number of aryl methyl sites for hydroxylation is 1. The Labute approximate surface area is 135 Å². The summed E-state index contributed by atoms with van der Waals surface area (Å²) >= 11 is 1.09. The maximum atomic E-state index is 13.3. The predicted molar refractivity (Wildman–Crippen MR) is 80.2 cm³/mol. The predicted octanol–water partition coefficient (Wildman–Crippen LogP) is 3.02. The number of alkyl halides is 3. The van der Waals surface area contributed by atoms with Crippen molar-refractivity contribution < 1.29 is 23.1 Å². The van der Waals surface area contributed by atoms with E-state index < -0.39 is 24.1 Å². The number of amides is 1. The van der Waals surface area contributed by atoms with Crippen molar-refractivity contribution in [1.29, 1.82) is 0 Å². The molecular weight excluding hydrogens is 329 g/mol. The van der Waals surface area contributed by atoms with Crippen LogP contribution in [0, 0.1) is 6.92 Å². The first kappa shape index (κ1) is 17.4. The second kappa shape index (κ2) is 6.67. The molecular formula is C15H15F3N2O2S. The molecule has 4 nitrogen and oxygen atoms in total. The van der Waals surface area contributed by atoms with Gasteiger partial charge < -0.3 is 10.4 Å². The lowest BCUT2D eigenvalue weighted by atomic mass is 9.89. The van der Waals surface area contributed by atoms with E-state index in [-0.39, 0.29) is 12.1 Å². The van der Waals surface area contributed by atoms with Crippen LogP contribution in [0.25, 0.3) is 0 Å². The van der Waals surface area contributed by atoms with Crippen molar-refractivity contribution in [3.63, 3.8) is 0 Å². The van der Waals surface area contributed by atoms with E-state index in [0.29, 0.717) is 11.3 Å². The van der Waals surface area contributed by atoms with Gasteiger partial charge in [-0.3, -0.25) is 4.79 Å². The summed E-state index contributed by atoms with van der Waals surface area (Å²) in [6, 6.07) is 6.83. The zero-order valence-electron chi connectivity index (χ0n) is 12.2. The van der Waals surface area contributed by atoms with E-state index in [2.05, 4.69) is 9.69 Å². The first-order valence-electron chi connectivity index (χ1n) is 6.79. The van der Waals surface area contributed by atoms with Gasteiger partial charge >= 0.3 is 6.18 Å². The smallest absolute Gasteiger partial charge is 0.376 e. The molecule has 1 aromatic heterocycles. The second-order valence-corrected chi connectivity index (χ2v) is 5.67. The fourth-order valence-corrected chi connectivity index (χ4v) is 2.82. The Morgan fingerprint density at radius 2 is 1.96 bits per heavy atom. The minimum Gasteiger partial charge on any atom is -0.376 e. The van der Waals surface area contributed by atoms with Gasteiger partial charge in [-0.1, -0.05) is 30.3 Å². The number of rotatable bonds is 5. The minimum atomic E-state index is -4.85. The van der Waals surface area contributed by atoms with Gasteiger partial charge in [-0.2, -0.15) is 17.5 Å². The molecule has 124 valence electrons. The molecule has 1 amide bonds. The number of halogens is 3. The molecule has 1 aromatic carbocycles. The lowest BCUT2D eigenvalue weighted by molar-refractivity contribution is -0.268. The number of carbonyl (C=O) groups excluding carboxylic acids is 1. The second-order valence-electron chi connectivity index (χ2n) is 5.04. The van der Waals surface area contributed by atoms with E-state index >= 15 is 0 Å². The van der Waals surface area contributed by atoms with E-state index in [1.54, 1.807) is 13.0 Å². The van der Waals surface area contributed by atoms with Crippen LogP contribution in [0.5, 0.6) is 0 Å². The lowest BCUT2D eigenvalue weighted by Gasteiger charge is -2.31. The van der Waals surface area contributed by atoms with Gasteiger partial charge in [0, 0.05) is 18.3 Å². The highest BCUT2D eigenvalue weighted by Crippen LogP contribution is 2.41. The first-order valence-corrected chi connectivity index (χ1v) is 7.63. The van der Waals surface area contributed by atoms with Crippen molar-refractivity contribution in [3.8, 4) is 0 Å². The maximum absolute atomic E-state index is 13.3. The van der Waals surface area contributed by atoms with Crippen LogP contribution in [-0.4, -0.2) is 28.1 Å². The molecule has 2 N–H and O–H groups in total. The van der Waals surface area contributed by atoms with E-state index in [1.165, 1.54) is 29.6 Å². The number of carbonyl (C=O) groups is 1. The van der Waals surface area contributed by atoms with E-state index in [9.17, 15) is 23.1 Å². The Bertz CT molecular complexity index is 673. The largest absolute Gasteiger partial charge is 0.421 e. The molecule has 8 heteroatoms. The molecule has 2 aromatic rings. The number of aliphatic hydroxyl groups is 1. The molecule has 1 heterocycles. The zero-order chi connectivity index (χ0) is 17.1. The van der Waals surface area contributed by atoms with E-state index in [1.807, 2.05) is 0 Å². The van der Waals surface area contributed by atoms with Gasteiger partial charge in [-0.25, -0.2) is 0 Å². The summed E-state index contributed by atoms with van der Waals surface area (Å²) in [5.74, 6) is -0.506. The normalized spacial score (nSPS) is 14.3. The summed E-state index contributed by atoms with van der Waals surface area (Å²) in [7, 11) is 0. The molecule has 0 saturated heterocycles. The molecule has 0 saturated carbocycles. The molecule has 1 atom stereocenters. The van der Waals surface area contributed by atoms with Crippen molar-refractivity contribution in [2.75, 3.05) is 6.54 Å². The van der Waals surface area contributed by atoms with Crippen molar-refractivity contribution in [2.45, 2.75) is 25.1 Å². The quantitative estimate of drug-likeness (QED) is 0.876. The van der Waals surface area contributed by atoms with E-state index in [4.69, 9.17) is 0 Å². The molecule has 0 radical (unpaired) electrons. The van der Waals surface area contributed by atoms with Gasteiger partial charge in [0.05, 0.1) is 11.3 Å². The minimum absolute atomic E-state index is 0.255. The zero-order valence-corrected chi connectivity index (χ0v) is 13.0. The van der Waals surface area contributed by atoms with Crippen molar-refractivity contribution in [3.05, 3.63) is 52.5 Å².